The molecule has 1 amide bonds. The number of nitrogens with zero attached hydrogens (tertiary/aromatic N) is 6. The van der Waals surface area contributed by atoms with Gasteiger partial charge >= 0.3 is 18.1 Å². The highest BCUT2D eigenvalue weighted by atomic mass is 32.2. The van der Waals surface area contributed by atoms with Crippen molar-refractivity contribution in [2.75, 3.05) is 39.3 Å². The fourth-order valence-corrected chi connectivity index (χ4v) is 5.43. The summed E-state index contributed by atoms with van der Waals surface area (Å²) in [7, 11) is 0. The van der Waals surface area contributed by atoms with E-state index in [1.165, 1.54) is 58.1 Å². The van der Waals surface area contributed by atoms with Gasteiger partial charge in [0.1, 0.15) is 12.8 Å². The Labute approximate surface area is 259 Å². The minimum Gasteiger partial charge on any atom is -0.445 e. The molecule has 1 aromatic heterocycles. The number of benzene rings is 2. The number of hydrogen-bond acceptors (Lipinski definition) is 10. The van der Waals surface area contributed by atoms with Gasteiger partial charge in [0, 0.05) is 49.8 Å². The van der Waals surface area contributed by atoms with Crippen LogP contribution in [0.2, 0.25) is 0 Å². The van der Waals surface area contributed by atoms with Crippen molar-refractivity contribution in [3.8, 4) is 0 Å². The van der Waals surface area contributed by atoms with Crippen LogP contribution >= 0.6 is 11.8 Å². The third kappa shape index (κ3) is 9.50. The highest BCUT2D eigenvalue weighted by Gasteiger charge is 2.32. The quantitative estimate of drug-likeness (QED) is 0.219. The zero-order valence-electron chi connectivity index (χ0n) is 23.9. The molecule has 240 valence electrons. The van der Waals surface area contributed by atoms with Crippen LogP contribution in [0.15, 0.2) is 70.9 Å². The van der Waals surface area contributed by atoms with E-state index in [-0.39, 0.29) is 30.5 Å². The van der Waals surface area contributed by atoms with Crippen molar-refractivity contribution in [1.29, 1.82) is 0 Å². The lowest BCUT2D eigenvalue weighted by molar-refractivity contribution is -0.389. The fraction of sp³-hybridized carbons (Fsp3) is 0.357. The fourth-order valence-electron chi connectivity index (χ4n) is 4.58. The van der Waals surface area contributed by atoms with E-state index in [9.17, 15) is 43.3 Å². The van der Waals surface area contributed by atoms with E-state index in [1.54, 1.807) is 13.0 Å². The van der Waals surface area contributed by atoms with Crippen molar-refractivity contribution in [3.63, 3.8) is 0 Å². The molecule has 2 heterocycles. The average Bonchev–Trinajstić information content (AvgIpc) is 3.37. The molecule has 3 aromatic rings. The number of amides is 1. The maximum atomic E-state index is 12.7. The molecule has 0 aliphatic carbocycles. The van der Waals surface area contributed by atoms with Gasteiger partial charge in [-0.15, -0.1) is 0 Å². The van der Waals surface area contributed by atoms with E-state index in [0.717, 1.165) is 23.9 Å². The summed E-state index contributed by atoms with van der Waals surface area (Å²) < 4.78 is 44.8. The van der Waals surface area contributed by atoms with Crippen molar-refractivity contribution in [2.24, 2.45) is 0 Å². The van der Waals surface area contributed by atoms with Crippen molar-refractivity contribution >= 4 is 35.4 Å². The van der Waals surface area contributed by atoms with E-state index < -0.39 is 39.1 Å². The zero-order chi connectivity index (χ0) is 32.8. The molecular formula is C28H29F3N6O7S. The lowest BCUT2D eigenvalue weighted by Crippen LogP contribution is -2.53. The molecule has 0 spiro atoms. The molecule has 1 aliphatic heterocycles. The molecule has 1 unspecified atom stereocenters. The number of imidazole rings is 1. The van der Waals surface area contributed by atoms with Crippen molar-refractivity contribution in [1.82, 2.24) is 19.4 Å². The van der Waals surface area contributed by atoms with Gasteiger partial charge in [-0.1, -0.05) is 18.2 Å². The molecule has 1 saturated heterocycles. The number of β-amino-alcohol motifs (C(OH)–C–C–N with tert-alkyl or cyclic N) is 1. The normalized spacial score (nSPS) is 15.6. The predicted octanol–water partition coefficient (Wildman–Crippen LogP) is 5.09. The number of ether oxygens (including phenoxy) is 1. The molecule has 1 fully saturated rings. The number of aliphatic hydroxyl groups is 1. The van der Waals surface area contributed by atoms with Crippen LogP contribution in [0.1, 0.15) is 18.1 Å². The number of nitro benzene ring substituents is 1. The summed E-state index contributed by atoms with van der Waals surface area (Å²) in [5.41, 5.74) is -1.66. The van der Waals surface area contributed by atoms with Crippen LogP contribution in [0.3, 0.4) is 0 Å². The molecule has 0 bridgehead atoms. The smallest absolute Gasteiger partial charge is 0.416 e. The highest BCUT2D eigenvalue weighted by molar-refractivity contribution is 7.99. The van der Waals surface area contributed by atoms with Crippen molar-refractivity contribution in [2.45, 2.75) is 35.3 Å². The van der Waals surface area contributed by atoms with Crippen LogP contribution in [-0.4, -0.2) is 85.3 Å². The van der Waals surface area contributed by atoms with Crippen LogP contribution < -0.4 is 0 Å². The third-order valence-electron chi connectivity index (χ3n) is 6.73. The Kier molecular flexibility index (Phi) is 10.5. The first-order valence-corrected chi connectivity index (χ1v) is 14.4. The lowest BCUT2D eigenvalue weighted by Gasteiger charge is -2.37. The average molecular weight is 651 g/mol. The Morgan fingerprint density at radius 2 is 1.67 bits per heavy atom. The molecule has 17 heteroatoms. The van der Waals surface area contributed by atoms with Gasteiger partial charge < -0.3 is 24.9 Å². The topological polar surface area (TPSA) is 157 Å². The van der Waals surface area contributed by atoms with Crippen LogP contribution in [0.25, 0.3) is 6.08 Å². The maximum absolute atomic E-state index is 12.7. The number of piperazine rings is 1. The third-order valence-corrected chi connectivity index (χ3v) is 7.74. The number of rotatable bonds is 11. The van der Waals surface area contributed by atoms with Gasteiger partial charge in [-0.3, -0.25) is 19.6 Å². The largest absolute Gasteiger partial charge is 0.445 e. The number of carbonyl (C=O) groups is 1. The molecule has 1 N–H and O–H groups in total. The molecule has 4 rings (SSSR count). The Balaban J connectivity index is 1.27. The van der Waals surface area contributed by atoms with Gasteiger partial charge in [0.2, 0.25) is 0 Å². The van der Waals surface area contributed by atoms with Gasteiger partial charge in [0.25, 0.3) is 10.8 Å². The second-order valence-corrected chi connectivity index (χ2v) is 11.5. The summed E-state index contributed by atoms with van der Waals surface area (Å²) in [6, 6.07) is 10.2. The highest BCUT2D eigenvalue weighted by Crippen LogP contribution is 2.31. The van der Waals surface area contributed by atoms with E-state index in [1.807, 2.05) is 4.90 Å². The summed E-state index contributed by atoms with van der Waals surface area (Å²) in [6.07, 6.45) is -0.650. The van der Waals surface area contributed by atoms with E-state index in [2.05, 4.69) is 4.98 Å². The van der Waals surface area contributed by atoms with E-state index in [0.29, 0.717) is 36.6 Å². The Bertz CT molecular complexity index is 1540. The van der Waals surface area contributed by atoms with Crippen molar-refractivity contribution in [3.05, 3.63) is 92.2 Å². The first kappa shape index (κ1) is 33.4. The minimum atomic E-state index is -4.41. The number of nitro groups is 2. The Morgan fingerprint density at radius 3 is 2.24 bits per heavy atom. The number of hydrogen-bond donors (Lipinski definition) is 1. The Hall–Kier alpha value is -4.48. The molecule has 13 nitrogen and oxygen atoms in total. The van der Waals surface area contributed by atoms with Gasteiger partial charge in [0.15, 0.2) is 0 Å². The van der Waals surface area contributed by atoms with Gasteiger partial charge in [-0.25, -0.2) is 4.79 Å². The summed E-state index contributed by atoms with van der Waals surface area (Å²) in [5.74, 6) is -0.406. The SMILES string of the molecule is CC(O)(CN1CCN(C(=O)OCC=Cc2ccc(C(F)(F)F)cc2)CC1)Cn1cc([N+](=O)[O-])nc1Sc1ccc([N+](=O)[O-])cc1. The Morgan fingerprint density at radius 1 is 1.02 bits per heavy atom. The number of halogens is 3. The summed E-state index contributed by atoms with van der Waals surface area (Å²) in [5, 5.41) is 33.8. The minimum absolute atomic E-state index is 0.0311. The van der Waals surface area contributed by atoms with Crippen LogP contribution in [0, 0.1) is 20.2 Å². The molecule has 45 heavy (non-hydrogen) atoms. The number of non-ortho nitro benzene ring substituents is 1. The first-order chi connectivity index (χ1) is 21.2. The molecular weight excluding hydrogens is 621 g/mol. The molecule has 0 radical (unpaired) electrons. The van der Waals surface area contributed by atoms with Crippen LogP contribution in [0.5, 0.6) is 0 Å². The standard InChI is InChI=1S/C28H29F3N6O7S/c1-27(39,19-35-17-24(37(42)43)32-25(35)45-23-10-8-22(9-11-23)36(40)41)18-33-12-14-34(15-13-33)26(38)44-16-2-3-20-4-6-21(7-5-20)28(29,30)31/h2-11,17,39H,12-16,18-19H2,1H3. The molecule has 1 atom stereocenters. The summed E-state index contributed by atoms with van der Waals surface area (Å²) in [6.45, 7) is 3.21. The van der Waals surface area contributed by atoms with Crippen LogP contribution in [0.4, 0.5) is 29.5 Å². The number of alkyl halides is 3. The van der Waals surface area contributed by atoms with Gasteiger partial charge in [-0.2, -0.15) is 13.2 Å². The van der Waals surface area contributed by atoms with Crippen molar-refractivity contribution < 1.29 is 37.7 Å². The second kappa shape index (κ2) is 14.1. The van der Waals surface area contributed by atoms with Gasteiger partial charge in [0.05, 0.1) is 22.6 Å². The van der Waals surface area contributed by atoms with Gasteiger partial charge in [-0.05, 0) is 64.5 Å². The lowest BCUT2D eigenvalue weighted by atomic mass is 10.1. The summed E-state index contributed by atoms with van der Waals surface area (Å²) >= 11 is 1.07. The second-order valence-electron chi connectivity index (χ2n) is 10.5. The predicted molar refractivity (Wildman–Crippen MR) is 157 cm³/mol. The van der Waals surface area contributed by atoms with E-state index in [4.69, 9.17) is 4.74 Å². The number of carbonyl (C=O) groups excluding carboxylic acids is 1. The molecule has 1 aliphatic rings. The number of aromatic nitrogens is 2. The maximum Gasteiger partial charge on any atom is 0.416 e. The zero-order valence-corrected chi connectivity index (χ0v) is 24.7. The molecule has 0 saturated carbocycles. The molecule has 2 aromatic carbocycles. The first-order valence-electron chi connectivity index (χ1n) is 13.5. The summed E-state index contributed by atoms with van der Waals surface area (Å²) in [4.78, 5) is 41.7. The monoisotopic (exact) mass is 650 g/mol. The van der Waals surface area contributed by atoms with Crippen LogP contribution in [-0.2, 0) is 17.5 Å². The van der Waals surface area contributed by atoms with E-state index >= 15 is 0 Å².